The minimum atomic E-state index is -0.0400. The van der Waals surface area contributed by atoms with Gasteiger partial charge in [0.15, 0.2) is 17.4 Å². The first-order chi connectivity index (χ1) is 17.0. The number of aromatic nitrogens is 1. The minimum absolute atomic E-state index is 0.00748. The van der Waals surface area contributed by atoms with Crippen molar-refractivity contribution in [1.29, 1.82) is 0 Å². The Balaban J connectivity index is 1.84. The highest BCUT2D eigenvalue weighted by molar-refractivity contribution is 6.22. The Hall–Kier alpha value is -4.30. The lowest BCUT2D eigenvalue weighted by atomic mass is 10.0. The lowest BCUT2D eigenvalue weighted by Crippen LogP contribution is -2.33. The molecule has 0 unspecified atom stereocenters. The number of carbonyl (C=O) groups excluding carboxylic acids is 1. The van der Waals surface area contributed by atoms with Crippen molar-refractivity contribution in [3.8, 4) is 17.4 Å². The third kappa shape index (κ3) is 4.83. The number of nitrogens with zero attached hydrogens (tertiary/aromatic N) is 2. The molecule has 0 aliphatic rings. The van der Waals surface area contributed by atoms with E-state index in [-0.39, 0.29) is 18.3 Å². The molecule has 1 aromatic heterocycles. The summed E-state index contributed by atoms with van der Waals surface area (Å²) < 4.78 is 10.9. The SMILES string of the molecule is CNCC(=O)N(C)c1ccc(N=C(c2ccccc2)c2c(O)[nH]c3cc(OC)c(OC)cc23)cc1. The van der Waals surface area contributed by atoms with Gasteiger partial charge in [0, 0.05) is 29.8 Å². The van der Waals surface area contributed by atoms with Crippen molar-refractivity contribution in [1.82, 2.24) is 10.3 Å². The second-order valence-electron chi connectivity index (χ2n) is 7.93. The number of likely N-dealkylation sites (N-methyl/N-ethyl adjacent to an activating group) is 2. The van der Waals surface area contributed by atoms with Crippen LogP contribution in [0.15, 0.2) is 71.7 Å². The van der Waals surface area contributed by atoms with Gasteiger partial charge in [-0.1, -0.05) is 30.3 Å². The molecule has 0 aliphatic carbocycles. The molecule has 8 heteroatoms. The number of methoxy groups -OCH3 is 2. The number of aromatic amines is 1. The van der Waals surface area contributed by atoms with E-state index < -0.39 is 0 Å². The number of hydrogen-bond donors (Lipinski definition) is 3. The lowest BCUT2D eigenvalue weighted by Gasteiger charge is -2.17. The molecule has 1 amide bonds. The molecule has 0 bridgehead atoms. The molecular formula is C27H28N4O4. The Morgan fingerprint density at radius 1 is 1.03 bits per heavy atom. The predicted molar refractivity (Wildman–Crippen MR) is 139 cm³/mol. The van der Waals surface area contributed by atoms with E-state index in [1.54, 1.807) is 39.3 Å². The van der Waals surface area contributed by atoms with Gasteiger partial charge in [0.1, 0.15) is 0 Å². The van der Waals surface area contributed by atoms with Crippen LogP contribution in [0.4, 0.5) is 11.4 Å². The van der Waals surface area contributed by atoms with Crippen LogP contribution in [0.3, 0.4) is 0 Å². The van der Waals surface area contributed by atoms with Crippen molar-refractivity contribution in [3.63, 3.8) is 0 Å². The Kier molecular flexibility index (Phi) is 7.03. The molecule has 0 fully saturated rings. The summed E-state index contributed by atoms with van der Waals surface area (Å²) in [5, 5.41) is 14.5. The second kappa shape index (κ2) is 10.3. The third-order valence-electron chi connectivity index (χ3n) is 5.75. The Labute approximate surface area is 203 Å². The molecule has 8 nitrogen and oxygen atoms in total. The van der Waals surface area contributed by atoms with Crippen molar-refractivity contribution in [2.45, 2.75) is 0 Å². The number of rotatable bonds is 8. The summed E-state index contributed by atoms with van der Waals surface area (Å²) in [7, 11) is 6.61. The van der Waals surface area contributed by atoms with Crippen LogP contribution in [0.1, 0.15) is 11.1 Å². The quantitative estimate of drug-likeness (QED) is 0.333. The topological polar surface area (TPSA) is 99.2 Å². The van der Waals surface area contributed by atoms with Gasteiger partial charge in [-0.15, -0.1) is 0 Å². The van der Waals surface area contributed by atoms with Crippen molar-refractivity contribution < 1.29 is 19.4 Å². The van der Waals surface area contributed by atoms with Crippen LogP contribution in [0, 0.1) is 0 Å². The van der Waals surface area contributed by atoms with E-state index in [1.165, 1.54) is 0 Å². The summed E-state index contributed by atoms with van der Waals surface area (Å²) in [6.45, 7) is 0.253. The van der Waals surface area contributed by atoms with Crippen molar-refractivity contribution >= 4 is 33.9 Å². The van der Waals surface area contributed by atoms with Gasteiger partial charge in [-0.3, -0.25) is 4.79 Å². The average Bonchev–Trinajstić information content (AvgIpc) is 3.21. The number of aliphatic imine (C=N–C) groups is 1. The smallest absolute Gasteiger partial charge is 0.240 e. The molecule has 3 aromatic carbocycles. The zero-order valence-corrected chi connectivity index (χ0v) is 20.1. The molecule has 1 heterocycles. The number of fused-ring (bicyclic) bond motifs is 1. The number of amides is 1. The molecule has 0 aliphatic heterocycles. The molecule has 180 valence electrons. The number of hydrogen-bond acceptors (Lipinski definition) is 6. The minimum Gasteiger partial charge on any atom is -0.494 e. The van der Waals surface area contributed by atoms with Gasteiger partial charge in [0.2, 0.25) is 5.91 Å². The zero-order chi connectivity index (χ0) is 24.9. The van der Waals surface area contributed by atoms with Gasteiger partial charge >= 0.3 is 0 Å². The normalized spacial score (nSPS) is 11.5. The summed E-state index contributed by atoms with van der Waals surface area (Å²) in [6, 6.07) is 20.6. The van der Waals surface area contributed by atoms with E-state index in [2.05, 4.69) is 10.3 Å². The van der Waals surface area contributed by atoms with E-state index >= 15 is 0 Å². The Morgan fingerprint density at radius 3 is 2.31 bits per heavy atom. The number of benzene rings is 3. The number of aromatic hydroxyl groups is 1. The summed E-state index contributed by atoms with van der Waals surface area (Å²) in [5.74, 6) is 1.05. The van der Waals surface area contributed by atoms with Gasteiger partial charge in [-0.05, 0) is 37.4 Å². The van der Waals surface area contributed by atoms with Crippen LogP contribution in [0.2, 0.25) is 0 Å². The van der Waals surface area contributed by atoms with Gasteiger partial charge < -0.3 is 29.8 Å². The van der Waals surface area contributed by atoms with Crippen molar-refractivity contribution in [2.24, 2.45) is 4.99 Å². The summed E-state index contributed by atoms with van der Waals surface area (Å²) >= 11 is 0. The van der Waals surface area contributed by atoms with Crippen LogP contribution in [0.25, 0.3) is 10.9 Å². The number of anilines is 1. The van der Waals surface area contributed by atoms with Crippen LogP contribution < -0.4 is 19.7 Å². The Morgan fingerprint density at radius 2 is 1.69 bits per heavy atom. The van der Waals surface area contributed by atoms with Crippen molar-refractivity contribution in [3.05, 3.63) is 77.9 Å². The monoisotopic (exact) mass is 472 g/mol. The Bertz CT molecular complexity index is 1360. The molecule has 0 radical (unpaired) electrons. The van der Waals surface area contributed by atoms with Crippen LogP contribution in [0.5, 0.6) is 17.4 Å². The maximum Gasteiger partial charge on any atom is 0.240 e. The van der Waals surface area contributed by atoms with Gasteiger partial charge in [0.05, 0.1) is 43.2 Å². The molecule has 0 atom stereocenters. The average molecular weight is 473 g/mol. The maximum atomic E-state index is 12.2. The highest BCUT2D eigenvalue weighted by atomic mass is 16.5. The maximum absolute atomic E-state index is 12.2. The molecule has 0 saturated carbocycles. The van der Waals surface area contributed by atoms with E-state index in [4.69, 9.17) is 14.5 Å². The first-order valence-electron chi connectivity index (χ1n) is 11.1. The van der Waals surface area contributed by atoms with Gasteiger partial charge in [0.25, 0.3) is 0 Å². The first-order valence-corrected chi connectivity index (χ1v) is 11.1. The fourth-order valence-electron chi connectivity index (χ4n) is 3.90. The van der Waals surface area contributed by atoms with Crippen LogP contribution in [-0.4, -0.2) is 56.6 Å². The highest BCUT2D eigenvalue weighted by Crippen LogP contribution is 2.38. The standard InChI is InChI=1S/C27H28N4O4/c1-28-16-24(32)31(2)19-12-10-18(11-13-19)29-26(17-8-6-5-7-9-17)25-20-14-22(34-3)23(35-4)15-21(20)30-27(25)33/h5-15,28,30,33H,16H2,1-4H3. The first kappa shape index (κ1) is 23.8. The van der Waals surface area contributed by atoms with Crippen molar-refractivity contribution in [2.75, 3.05) is 39.8 Å². The molecular weight excluding hydrogens is 444 g/mol. The molecule has 0 saturated heterocycles. The van der Waals surface area contributed by atoms with Crippen LogP contribution in [-0.2, 0) is 4.79 Å². The van der Waals surface area contributed by atoms with E-state index in [1.807, 2.05) is 60.7 Å². The highest BCUT2D eigenvalue weighted by Gasteiger charge is 2.21. The number of H-pyrrole nitrogens is 1. The molecule has 35 heavy (non-hydrogen) atoms. The summed E-state index contributed by atoms with van der Waals surface area (Å²) in [4.78, 5) is 21.7. The van der Waals surface area contributed by atoms with E-state index in [0.29, 0.717) is 34.0 Å². The summed E-state index contributed by atoms with van der Waals surface area (Å²) in [5.41, 5.74) is 4.11. The van der Waals surface area contributed by atoms with Crippen LogP contribution >= 0.6 is 0 Å². The second-order valence-corrected chi connectivity index (χ2v) is 7.93. The number of ether oxygens (including phenoxy) is 2. The summed E-state index contributed by atoms with van der Waals surface area (Å²) in [6.07, 6.45) is 0. The molecule has 0 spiro atoms. The zero-order valence-electron chi connectivity index (χ0n) is 20.1. The lowest BCUT2D eigenvalue weighted by molar-refractivity contribution is -0.117. The van der Waals surface area contributed by atoms with E-state index in [9.17, 15) is 9.90 Å². The molecule has 3 N–H and O–H groups in total. The fraction of sp³-hybridized carbons (Fsp3) is 0.185. The van der Waals surface area contributed by atoms with E-state index in [0.717, 1.165) is 16.6 Å². The molecule has 4 aromatic rings. The van der Waals surface area contributed by atoms with Gasteiger partial charge in [-0.2, -0.15) is 0 Å². The fourth-order valence-corrected chi connectivity index (χ4v) is 3.90. The molecule has 4 rings (SSSR count). The largest absolute Gasteiger partial charge is 0.494 e. The van der Waals surface area contributed by atoms with Gasteiger partial charge in [-0.25, -0.2) is 4.99 Å². The third-order valence-corrected chi connectivity index (χ3v) is 5.75. The number of nitrogens with one attached hydrogen (secondary N) is 2. The number of carbonyl (C=O) groups is 1. The predicted octanol–water partition coefficient (Wildman–Crippen LogP) is 4.24.